The highest BCUT2D eigenvalue weighted by atomic mass is 19.1. The molecule has 1 aliphatic heterocycles. The first-order chi connectivity index (χ1) is 17.6. The molecule has 1 aliphatic rings. The number of rotatable bonds is 8. The summed E-state index contributed by atoms with van der Waals surface area (Å²) in [5.41, 5.74) is 1.78. The first kappa shape index (κ1) is 23.4. The van der Waals surface area contributed by atoms with Crippen LogP contribution in [0.15, 0.2) is 42.7 Å². The van der Waals surface area contributed by atoms with Crippen molar-refractivity contribution in [1.29, 1.82) is 0 Å². The maximum Gasteiger partial charge on any atom is 0.235 e. The van der Waals surface area contributed by atoms with Crippen molar-refractivity contribution in [2.75, 3.05) is 48.9 Å². The Bertz CT molecular complexity index is 1290. The molecule has 0 aliphatic carbocycles. The molecule has 0 radical (unpaired) electrons. The Morgan fingerprint density at radius 1 is 1.06 bits per heavy atom. The van der Waals surface area contributed by atoms with E-state index in [4.69, 9.17) is 9.47 Å². The van der Waals surface area contributed by atoms with Gasteiger partial charge in [0.25, 0.3) is 0 Å². The molecule has 1 saturated heterocycles. The van der Waals surface area contributed by atoms with E-state index in [1.165, 1.54) is 0 Å². The van der Waals surface area contributed by atoms with Crippen LogP contribution in [0.5, 0.6) is 5.75 Å². The fourth-order valence-corrected chi connectivity index (χ4v) is 3.61. The fourth-order valence-electron chi connectivity index (χ4n) is 3.61. The second kappa shape index (κ2) is 10.5. The lowest BCUT2D eigenvalue weighted by molar-refractivity contribution is 0.122. The standard InChI is InChI=1S/C23H25FN10O2/c1-14(20-25-12-16(24)13-26-20)27-21-29-22(31-23(30-21)34-7-9-36-10-8-34)28-19-11-18(32-33-19)15-3-5-17(35-2)6-4-15/h3-6,11-14H,7-10H2,1-2H3,(H3,27,28,29,30,31,32,33)/t14-/m0/s1. The average Bonchev–Trinajstić information content (AvgIpc) is 3.38. The first-order valence-electron chi connectivity index (χ1n) is 11.4. The molecule has 1 atom stereocenters. The Morgan fingerprint density at radius 2 is 1.78 bits per heavy atom. The van der Waals surface area contributed by atoms with Gasteiger partial charge in [-0.25, -0.2) is 14.4 Å². The predicted molar refractivity (Wildman–Crippen MR) is 131 cm³/mol. The van der Waals surface area contributed by atoms with Crippen molar-refractivity contribution >= 4 is 23.7 Å². The maximum absolute atomic E-state index is 13.2. The van der Waals surface area contributed by atoms with Gasteiger partial charge in [-0.05, 0) is 36.8 Å². The Morgan fingerprint density at radius 3 is 2.50 bits per heavy atom. The number of morpholine rings is 1. The number of ether oxygens (including phenoxy) is 2. The highest BCUT2D eigenvalue weighted by molar-refractivity contribution is 5.65. The van der Waals surface area contributed by atoms with E-state index in [0.29, 0.717) is 55.8 Å². The van der Waals surface area contributed by atoms with Crippen molar-refractivity contribution in [2.45, 2.75) is 13.0 Å². The minimum atomic E-state index is -0.500. The van der Waals surface area contributed by atoms with Gasteiger partial charge >= 0.3 is 0 Å². The molecule has 0 amide bonds. The number of hydrogen-bond donors (Lipinski definition) is 3. The molecular formula is C23H25FN10O2. The van der Waals surface area contributed by atoms with Crippen LogP contribution in [0.2, 0.25) is 0 Å². The number of nitrogens with one attached hydrogen (secondary N) is 3. The van der Waals surface area contributed by atoms with E-state index in [1.54, 1.807) is 7.11 Å². The smallest absolute Gasteiger partial charge is 0.235 e. The Kier molecular flexibility index (Phi) is 6.80. The lowest BCUT2D eigenvalue weighted by Gasteiger charge is -2.27. The quantitative estimate of drug-likeness (QED) is 0.334. The number of methoxy groups -OCH3 is 1. The predicted octanol–water partition coefficient (Wildman–Crippen LogP) is 2.95. The summed E-state index contributed by atoms with van der Waals surface area (Å²) in [7, 11) is 1.63. The molecule has 13 heteroatoms. The third-order valence-electron chi connectivity index (χ3n) is 5.51. The third-order valence-corrected chi connectivity index (χ3v) is 5.51. The monoisotopic (exact) mass is 492 g/mol. The van der Waals surface area contributed by atoms with E-state index < -0.39 is 5.82 Å². The average molecular weight is 493 g/mol. The summed E-state index contributed by atoms with van der Waals surface area (Å²) in [5.74, 6) is 2.36. The lowest BCUT2D eigenvalue weighted by atomic mass is 10.1. The molecule has 0 spiro atoms. The summed E-state index contributed by atoms with van der Waals surface area (Å²) in [6.07, 6.45) is 2.25. The second-order valence-corrected chi connectivity index (χ2v) is 8.03. The molecule has 0 unspecified atom stereocenters. The SMILES string of the molecule is COc1ccc(-c2cc(Nc3nc(N[C@@H](C)c4ncc(F)cn4)nc(N4CCOCC4)n3)n[nH]2)cc1. The molecule has 186 valence electrons. The first-order valence-corrected chi connectivity index (χ1v) is 11.4. The number of hydrogen-bond acceptors (Lipinski definition) is 11. The molecule has 4 heterocycles. The van der Waals surface area contributed by atoms with Gasteiger partial charge in [-0.3, -0.25) is 5.10 Å². The molecule has 1 aromatic carbocycles. The van der Waals surface area contributed by atoms with Gasteiger partial charge in [-0.1, -0.05) is 0 Å². The van der Waals surface area contributed by atoms with Crippen molar-refractivity contribution in [3.63, 3.8) is 0 Å². The summed E-state index contributed by atoms with van der Waals surface area (Å²) >= 11 is 0. The molecular weight excluding hydrogens is 467 g/mol. The van der Waals surface area contributed by atoms with Crippen LogP contribution in [0, 0.1) is 5.82 Å². The number of H-pyrrole nitrogens is 1. The summed E-state index contributed by atoms with van der Waals surface area (Å²) in [6, 6.07) is 9.14. The van der Waals surface area contributed by atoms with Gasteiger partial charge < -0.3 is 25.0 Å². The molecule has 5 rings (SSSR count). The van der Waals surface area contributed by atoms with Crippen LogP contribution in [0.25, 0.3) is 11.3 Å². The fraction of sp³-hybridized carbons (Fsp3) is 0.304. The number of nitrogens with zero attached hydrogens (tertiary/aromatic N) is 7. The van der Waals surface area contributed by atoms with E-state index in [9.17, 15) is 4.39 Å². The zero-order valence-electron chi connectivity index (χ0n) is 19.8. The van der Waals surface area contributed by atoms with Gasteiger partial charge in [-0.15, -0.1) is 0 Å². The summed E-state index contributed by atoms with van der Waals surface area (Å²) in [6.45, 7) is 4.32. The van der Waals surface area contributed by atoms with Crippen LogP contribution in [0.4, 0.5) is 28.1 Å². The van der Waals surface area contributed by atoms with E-state index in [0.717, 1.165) is 29.4 Å². The van der Waals surface area contributed by atoms with Crippen LogP contribution in [0.3, 0.4) is 0 Å². The van der Waals surface area contributed by atoms with Gasteiger partial charge in [0.2, 0.25) is 17.8 Å². The van der Waals surface area contributed by atoms with Crippen molar-refractivity contribution in [3.05, 3.63) is 54.4 Å². The Balaban J connectivity index is 1.39. The minimum Gasteiger partial charge on any atom is -0.497 e. The number of aromatic amines is 1. The zero-order valence-corrected chi connectivity index (χ0v) is 19.8. The molecule has 36 heavy (non-hydrogen) atoms. The van der Waals surface area contributed by atoms with Crippen LogP contribution >= 0.6 is 0 Å². The van der Waals surface area contributed by atoms with Gasteiger partial charge in [0.1, 0.15) is 11.6 Å². The second-order valence-electron chi connectivity index (χ2n) is 8.03. The topological polar surface area (TPSA) is 139 Å². The minimum absolute atomic E-state index is 0.314. The van der Waals surface area contributed by atoms with Crippen LogP contribution < -0.4 is 20.3 Å². The van der Waals surface area contributed by atoms with Crippen molar-refractivity contribution in [3.8, 4) is 17.0 Å². The summed E-state index contributed by atoms with van der Waals surface area (Å²) in [4.78, 5) is 23.8. The van der Waals surface area contributed by atoms with E-state index in [2.05, 4.69) is 45.8 Å². The Hall–Kier alpha value is -4.39. The molecule has 3 N–H and O–H groups in total. The number of benzene rings is 1. The van der Waals surface area contributed by atoms with Crippen molar-refractivity contribution in [1.82, 2.24) is 35.1 Å². The third kappa shape index (κ3) is 5.46. The van der Waals surface area contributed by atoms with E-state index in [-0.39, 0.29) is 6.04 Å². The lowest BCUT2D eigenvalue weighted by Crippen LogP contribution is -2.37. The van der Waals surface area contributed by atoms with Crippen molar-refractivity contribution < 1.29 is 13.9 Å². The summed E-state index contributed by atoms with van der Waals surface area (Å²) < 4.78 is 23.9. The van der Waals surface area contributed by atoms with E-state index >= 15 is 0 Å². The highest BCUT2D eigenvalue weighted by Gasteiger charge is 2.19. The maximum atomic E-state index is 13.2. The van der Waals surface area contributed by atoms with Gasteiger partial charge in [0, 0.05) is 19.2 Å². The normalized spacial score (nSPS) is 14.4. The summed E-state index contributed by atoms with van der Waals surface area (Å²) in [5, 5.41) is 13.7. The van der Waals surface area contributed by atoms with Crippen LogP contribution in [-0.2, 0) is 4.74 Å². The molecule has 0 saturated carbocycles. The van der Waals surface area contributed by atoms with Gasteiger partial charge in [0.15, 0.2) is 11.6 Å². The number of halogens is 1. The number of aromatic nitrogens is 7. The Labute approximate surface area is 206 Å². The van der Waals surface area contributed by atoms with Gasteiger partial charge in [-0.2, -0.15) is 20.1 Å². The van der Waals surface area contributed by atoms with E-state index in [1.807, 2.05) is 42.2 Å². The molecule has 0 bridgehead atoms. The zero-order chi connectivity index (χ0) is 24.9. The molecule has 3 aromatic heterocycles. The number of anilines is 4. The molecule has 12 nitrogen and oxygen atoms in total. The largest absolute Gasteiger partial charge is 0.497 e. The van der Waals surface area contributed by atoms with Crippen molar-refractivity contribution in [2.24, 2.45) is 0 Å². The molecule has 1 fully saturated rings. The van der Waals surface area contributed by atoms with Gasteiger partial charge in [0.05, 0.1) is 44.5 Å². The van der Waals surface area contributed by atoms with Crippen LogP contribution in [0.1, 0.15) is 18.8 Å². The molecule has 4 aromatic rings. The highest BCUT2D eigenvalue weighted by Crippen LogP contribution is 2.25. The van der Waals surface area contributed by atoms with Crippen LogP contribution in [-0.4, -0.2) is 68.5 Å².